The average molecular weight is 739 g/mol. The fraction of sp³-hybridized carbons (Fsp3) is 0.282. The van der Waals surface area contributed by atoms with E-state index < -0.39 is 66.0 Å². The molecule has 2 N–H and O–H groups in total. The lowest BCUT2D eigenvalue weighted by molar-refractivity contribution is -0.192. The van der Waals surface area contributed by atoms with Crippen LogP contribution in [0.25, 0.3) is 11.1 Å². The molecule has 0 aromatic heterocycles. The first-order valence-corrected chi connectivity index (χ1v) is 16.4. The number of rotatable bonds is 14. The van der Waals surface area contributed by atoms with Crippen molar-refractivity contribution in [1.29, 1.82) is 0 Å². The van der Waals surface area contributed by atoms with Gasteiger partial charge in [-0.2, -0.15) is 13.2 Å². The summed E-state index contributed by atoms with van der Waals surface area (Å²) in [4.78, 5) is 54.7. The van der Waals surface area contributed by atoms with Crippen LogP contribution in [0.1, 0.15) is 51.3 Å². The Kier molecular flexibility index (Phi) is 13.1. The Hall–Kier alpha value is -5.60. The summed E-state index contributed by atoms with van der Waals surface area (Å²) in [7, 11) is 2.94. The fourth-order valence-electron chi connectivity index (χ4n) is 5.53. The molecule has 0 saturated heterocycles. The first-order valence-electron chi connectivity index (χ1n) is 16.4. The quantitative estimate of drug-likeness (QED) is 0.0863. The van der Waals surface area contributed by atoms with Crippen LogP contribution in [0.3, 0.4) is 0 Å². The minimum absolute atomic E-state index is 0.0138. The first-order chi connectivity index (χ1) is 25.1. The number of alkyl halides is 3. The van der Waals surface area contributed by atoms with Gasteiger partial charge in [-0.05, 0) is 60.9 Å². The Morgan fingerprint density at radius 1 is 0.792 bits per heavy atom. The monoisotopic (exact) mass is 738 g/mol. The third-order valence-electron chi connectivity index (χ3n) is 8.21. The Morgan fingerprint density at radius 3 is 2.09 bits per heavy atom. The molecular formula is C39H38F4N2O8. The Labute approximate surface area is 303 Å². The second kappa shape index (κ2) is 17.3. The summed E-state index contributed by atoms with van der Waals surface area (Å²) in [5.41, 5.74) is -2.85. The third-order valence-corrected chi connectivity index (χ3v) is 8.21. The van der Waals surface area contributed by atoms with E-state index in [4.69, 9.17) is 14.2 Å². The molecule has 0 fully saturated rings. The Morgan fingerprint density at radius 2 is 1.47 bits per heavy atom. The van der Waals surface area contributed by atoms with Gasteiger partial charge in [0.2, 0.25) is 0 Å². The number of halogens is 4. The summed E-state index contributed by atoms with van der Waals surface area (Å²) < 4.78 is 70.6. The molecule has 0 spiro atoms. The van der Waals surface area contributed by atoms with E-state index in [-0.39, 0.29) is 52.3 Å². The number of anilines is 1. The van der Waals surface area contributed by atoms with Gasteiger partial charge in [-0.3, -0.25) is 19.2 Å². The highest BCUT2D eigenvalue weighted by Gasteiger charge is 2.50. The predicted octanol–water partition coefficient (Wildman–Crippen LogP) is 6.41. The standard InChI is InChI=1S/C39H38F4N2O8/c1-5-51-36(49)38(37(50)52-6-2,25-12-8-7-9-13-25)23-53-33(46)21-24-16-19-32(30(20-24)35(48)45(3)4)44-34(47)29-15-11-10-14-27(29)28-18-17-26(22-31(28)40)39(41,42)43/h7-20,22,36,49H,5-6,21,23H2,1-4H3,(H,44,47). The van der Waals surface area contributed by atoms with Gasteiger partial charge in [-0.25, -0.2) is 4.39 Å². The second-order valence-electron chi connectivity index (χ2n) is 12.0. The van der Waals surface area contributed by atoms with Crippen molar-refractivity contribution in [2.45, 2.75) is 38.1 Å². The Balaban J connectivity index is 1.61. The number of hydrogen-bond acceptors (Lipinski definition) is 8. The zero-order valence-corrected chi connectivity index (χ0v) is 29.3. The molecule has 53 heavy (non-hydrogen) atoms. The molecule has 0 aliphatic heterocycles. The van der Waals surface area contributed by atoms with Crippen LogP contribution in [0.4, 0.5) is 23.2 Å². The van der Waals surface area contributed by atoms with Gasteiger partial charge in [-0.1, -0.05) is 60.7 Å². The van der Waals surface area contributed by atoms with Gasteiger partial charge < -0.3 is 29.5 Å². The molecule has 0 radical (unpaired) electrons. The van der Waals surface area contributed by atoms with E-state index in [0.717, 1.165) is 6.07 Å². The molecule has 14 heteroatoms. The van der Waals surface area contributed by atoms with Gasteiger partial charge in [0.15, 0.2) is 11.7 Å². The maximum Gasteiger partial charge on any atom is 0.416 e. The molecule has 4 aromatic rings. The maximum atomic E-state index is 14.9. The van der Waals surface area contributed by atoms with Crippen LogP contribution >= 0.6 is 0 Å². The van der Waals surface area contributed by atoms with E-state index in [1.165, 1.54) is 61.5 Å². The molecule has 0 aliphatic rings. The van der Waals surface area contributed by atoms with Crippen LogP contribution < -0.4 is 5.32 Å². The van der Waals surface area contributed by atoms with Crippen molar-refractivity contribution >= 4 is 29.4 Å². The number of amides is 2. The van der Waals surface area contributed by atoms with E-state index in [1.807, 2.05) is 0 Å². The Bertz CT molecular complexity index is 1950. The number of esters is 2. The smallest absolute Gasteiger partial charge is 0.416 e. The third kappa shape index (κ3) is 9.26. The molecular weight excluding hydrogens is 700 g/mol. The van der Waals surface area contributed by atoms with Crippen LogP contribution in [0.15, 0.2) is 91.0 Å². The van der Waals surface area contributed by atoms with E-state index in [0.29, 0.717) is 12.1 Å². The fourth-order valence-corrected chi connectivity index (χ4v) is 5.53. The number of ether oxygens (including phenoxy) is 3. The van der Waals surface area contributed by atoms with Crippen molar-refractivity contribution in [2.75, 3.05) is 39.2 Å². The summed E-state index contributed by atoms with van der Waals surface area (Å²) in [6, 6.07) is 20.0. The number of benzene rings is 4. The van der Waals surface area contributed by atoms with E-state index in [1.54, 1.807) is 44.2 Å². The molecule has 2 unspecified atom stereocenters. The van der Waals surface area contributed by atoms with Crippen LogP contribution in [0, 0.1) is 5.82 Å². The molecule has 4 rings (SSSR count). The molecule has 10 nitrogen and oxygen atoms in total. The number of hydrogen-bond donors (Lipinski definition) is 2. The summed E-state index contributed by atoms with van der Waals surface area (Å²) in [6.45, 7) is 2.57. The minimum atomic E-state index is -4.77. The molecule has 280 valence electrons. The number of aliphatic hydroxyl groups is 1. The van der Waals surface area contributed by atoms with Gasteiger partial charge in [0.05, 0.1) is 29.8 Å². The van der Waals surface area contributed by atoms with Crippen molar-refractivity contribution in [3.8, 4) is 11.1 Å². The average Bonchev–Trinajstić information content (AvgIpc) is 3.12. The topological polar surface area (TPSA) is 131 Å². The van der Waals surface area contributed by atoms with E-state index in [2.05, 4.69) is 5.32 Å². The molecule has 2 atom stereocenters. The number of nitrogens with zero attached hydrogens (tertiary/aromatic N) is 1. The molecule has 0 aliphatic carbocycles. The number of carbonyl (C=O) groups is 4. The summed E-state index contributed by atoms with van der Waals surface area (Å²) in [5, 5.41) is 13.7. The first kappa shape index (κ1) is 40.2. The summed E-state index contributed by atoms with van der Waals surface area (Å²) in [6.07, 6.45) is -6.90. The molecule has 2 amide bonds. The van der Waals surface area contributed by atoms with E-state index >= 15 is 0 Å². The van der Waals surface area contributed by atoms with Gasteiger partial charge in [0.25, 0.3) is 11.8 Å². The lowest BCUT2D eigenvalue weighted by Crippen LogP contribution is -2.53. The van der Waals surface area contributed by atoms with Crippen LogP contribution in [-0.2, 0) is 41.8 Å². The maximum absolute atomic E-state index is 14.9. The largest absolute Gasteiger partial charge is 0.465 e. The molecule has 0 heterocycles. The van der Waals surface area contributed by atoms with Gasteiger partial charge in [0, 0.05) is 31.8 Å². The van der Waals surface area contributed by atoms with Crippen LogP contribution in [0.5, 0.6) is 0 Å². The van der Waals surface area contributed by atoms with Gasteiger partial charge in [0.1, 0.15) is 12.4 Å². The van der Waals surface area contributed by atoms with Crippen LogP contribution in [-0.4, -0.2) is 74.0 Å². The second-order valence-corrected chi connectivity index (χ2v) is 12.0. The van der Waals surface area contributed by atoms with Gasteiger partial charge >= 0.3 is 18.1 Å². The normalized spacial score (nSPS) is 13.0. The number of carbonyl (C=O) groups excluding carboxylic acids is 4. The van der Waals surface area contributed by atoms with Gasteiger partial charge in [-0.15, -0.1) is 0 Å². The van der Waals surface area contributed by atoms with E-state index in [9.17, 15) is 41.8 Å². The highest BCUT2D eigenvalue weighted by molar-refractivity contribution is 6.12. The highest BCUT2D eigenvalue weighted by atomic mass is 19.4. The lowest BCUT2D eigenvalue weighted by atomic mass is 9.80. The zero-order chi connectivity index (χ0) is 38.9. The van der Waals surface area contributed by atoms with Crippen LogP contribution in [0.2, 0.25) is 0 Å². The SMILES string of the molecule is CCOC(=O)C(COC(=O)Cc1ccc(NC(=O)c2ccccc2-c2ccc(C(F)(F)F)cc2F)c(C(=O)N(C)C)c1)(c1ccccc1)C(O)OCC. The number of aliphatic hydroxyl groups excluding tert-OH is 1. The number of nitrogens with one attached hydrogen (secondary N) is 1. The molecule has 0 saturated carbocycles. The highest BCUT2D eigenvalue weighted by Crippen LogP contribution is 2.35. The summed E-state index contributed by atoms with van der Waals surface area (Å²) in [5.74, 6) is -4.23. The summed E-state index contributed by atoms with van der Waals surface area (Å²) >= 11 is 0. The molecule has 4 aromatic carbocycles. The minimum Gasteiger partial charge on any atom is -0.465 e. The molecule has 0 bridgehead atoms. The van der Waals surface area contributed by atoms with Crippen molar-refractivity contribution in [1.82, 2.24) is 4.90 Å². The predicted molar refractivity (Wildman–Crippen MR) is 186 cm³/mol. The van der Waals surface area contributed by atoms with Crippen molar-refractivity contribution < 1.29 is 56.1 Å². The van der Waals surface area contributed by atoms with Crippen molar-refractivity contribution in [3.63, 3.8) is 0 Å². The lowest BCUT2D eigenvalue weighted by Gasteiger charge is -2.35. The zero-order valence-electron chi connectivity index (χ0n) is 29.3. The van der Waals surface area contributed by atoms with Crippen molar-refractivity contribution in [2.24, 2.45) is 0 Å². The van der Waals surface area contributed by atoms with Crippen molar-refractivity contribution in [3.05, 3.63) is 125 Å².